The Morgan fingerprint density at radius 3 is 3.00 bits per heavy atom. The Labute approximate surface area is 105 Å². The molecule has 0 aliphatic heterocycles. The first kappa shape index (κ1) is 10.4. The Hall–Kier alpha value is -0.520. The molecule has 90 valence electrons. The summed E-state index contributed by atoms with van der Waals surface area (Å²) in [6.07, 6.45) is 20.9. The maximum Gasteiger partial charge on any atom is 0.000798 e. The highest BCUT2D eigenvalue weighted by molar-refractivity contribution is 5.24. The van der Waals surface area contributed by atoms with Crippen molar-refractivity contribution in [2.75, 3.05) is 0 Å². The number of hydrogen-bond acceptors (Lipinski definition) is 0. The molecular weight excluding hydrogens is 204 g/mol. The van der Waals surface area contributed by atoms with Crippen LogP contribution in [0.15, 0.2) is 23.8 Å². The maximum atomic E-state index is 3.73. The fourth-order valence-electron chi connectivity index (χ4n) is 5.12. The summed E-state index contributed by atoms with van der Waals surface area (Å²) in [4.78, 5) is 0. The van der Waals surface area contributed by atoms with Gasteiger partial charge in [0.25, 0.3) is 0 Å². The molecule has 3 saturated carbocycles. The minimum Gasteiger partial charge on any atom is -0.0841 e. The molecule has 4 aliphatic rings. The standard InChI is InChI=1S/C17H22/c1-2-6-14-12(4-1)8-10-17-15-7-3-5-13(15)9-11-16(14)17/h2,4,6,13-17H,1,3,7-11H2. The van der Waals surface area contributed by atoms with Crippen molar-refractivity contribution in [3.8, 4) is 0 Å². The zero-order valence-corrected chi connectivity index (χ0v) is 10.6. The highest BCUT2D eigenvalue weighted by Gasteiger charge is 2.46. The molecule has 0 heteroatoms. The van der Waals surface area contributed by atoms with Crippen LogP contribution in [0.5, 0.6) is 0 Å². The highest BCUT2D eigenvalue weighted by atomic mass is 14.5. The molecule has 0 heterocycles. The average Bonchev–Trinajstić information content (AvgIpc) is 2.86. The lowest BCUT2D eigenvalue weighted by Crippen LogP contribution is -2.39. The van der Waals surface area contributed by atoms with E-state index in [0.717, 1.165) is 29.6 Å². The summed E-state index contributed by atoms with van der Waals surface area (Å²) in [7, 11) is 0. The van der Waals surface area contributed by atoms with Crippen molar-refractivity contribution < 1.29 is 0 Å². The summed E-state index contributed by atoms with van der Waals surface area (Å²) in [6.45, 7) is 0. The topological polar surface area (TPSA) is 0 Å². The molecule has 0 amide bonds. The molecule has 4 aliphatic carbocycles. The minimum atomic E-state index is 0.823. The largest absolute Gasteiger partial charge is 0.0841 e. The van der Waals surface area contributed by atoms with Crippen LogP contribution in [0.3, 0.4) is 0 Å². The van der Waals surface area contributed by atoms with Gasteiger partial charge in [-0.05, 0) is 75.0 Å². The SMILES string of the molecule is [C]1CCC2C1CCC1C3C=CCC=C3CCC21. The van der Waals surface area contributed by atoms with Crippen molar-refractivity contribution >= 4 is 0 Å². The van der Waals surface area contributed by atoms with E-state index < -0.39 is 0 Å². The van der Waals surface area contributed by atoms with Crippen LogP contribution in [0.25, 0.3) is 0 Å². The van der Waals surface area contributed by atoms with Gasteiger partial charge in [0.1, 0.15) is 0 Å². The highest BCUT2D eigenvalue weighted by Crippen LogP contribution is 2.55. The summed E-state index contributed by atoms with van der Waals surface area (Å²) in [5.74, 6) is 4.70. The summed E-state index contributed by atoms with van der Waals surface area (Å²) in [5, 5.41) is 0. The van der Waals surface area contributed by atoms with E-state index in [4.69, 9.17) is 0 Å². The summed E-state index contributed by atoms with van der Waals surface area (Å²) in [5.41, 5.74) is 1.78. The predicted octanol–water partition coefficient (Wildman–Crippen LogP) is 4.42. The Morgan fingerprint density at radius 2 is 2.00 bits per heavy atom. The second-order valence-corrected chi connectivity index (χ2v) is 6.43. The Bertz CT molecular complexity index is 362. The number of hydrogen-bond donors (Lipinski definition) is 0. The van der Waals surface area contributed by atoms with Gasteiger partial charge >= 0.3 is 0 Å². The zero-order valence-electron chi connectivity index (χ0n) is 10.6. The summed E-state index contributed by atoms with van der Waals surface area (Å²) in [6, 6.07) is 0. The number of rotatable bonds is 0. The minimum absolute atomic E-state index is 0.823. The van der Waals surface area contributed by atoms with Crippen molar-refractivity contribution in [2.24, 2.45) is 29.6 Å². The summed E-state index contributed by atoms with van der Waals surface area (Å²) >= 11 is 0. The molecular formula is C17H22. The lowest BCUT2D eigenvalue weighted by atomic mass is 9.57. The van der Waals surface area contributed by atoms with Crippen molar-refractivity contribution in [1.82, 2.24) is 0 Å². The fraction of sp³-hybridized carbons (Fsp3) is 0.706. The van der Waals surface area contributed by atoms with Crippen LogP contribution >= 0.6 is 0 Å². The monoisotopic (exact) mass is 226 g/mol. The predicted molar refractivity (Wildman–Crippen MR) is 70.2 cm³/mol. The van der Waals surface area contributed by atoms with Gasteiger partial charge in [0.2, 0.25) is 0 Å². The van der Waals surface area contributed by atoms with E-state index in [1.807, 2.05) is 0 Å². The molecule has 0 saturated heterocycles. The van der Waals surface area contributed by atoms with Gasteiger partial charge in [0.05, 0.1) is 0 Å². The molecule has 4 rings (SSSR count). The Balaban J connectivity index is 1.63. The third kappa shape index (κ3) is 1.56. The first-order valence-corrected chi connectivity index (χ1v) is 7.52. The van der Waals surface area contributed by atoms with Crippen molar-refractivity contribution in [2.45, 2.75) is 44.9 Å². The van der Waals surface area contributed by atoms with Crippen LogP contribution in [-0.4, -0.2) is 0 Å². The normalized spacial score (nSPS) is 48.0. The first-order valence-electron chi connectivity index (χ1n) is 7.52. The van der Waals surface area contributed by atoms with E-state index in [9.17, 15) is 0 Å². The molecule has 5 atom stereocenters. The number of fused-ring (bicyclic) bond motifs is 5. The molecule has 2 radical (unpaired) electrons. The van der Waals surface area contributed by atoms with Crippen LogP contribution in [0.2, 0.25) is 0 Å². The molecule has 17 heavy (non-hydrogen) atoms. The second-order valence-electron chi connectivity index (χ2n) is 6.43. The van der Waals surface area contributed by atoms with E-state index in [2.05, 4.69) is 24.6 Å². The van der Waals surface area contributed by atoms with E-state index in [-0.39, 0.29) is 0 Å². The van der Waals surface area contributed by atoms with E-state index in [1.165, 1.54) is 44.9 Å². The van der Waals surface area contributed by atoms with E-state index in [0.29, 0.717) is 0 Å². The van der Waals surface area contributed by atoms with Crippen LogP contribution in [0.1, 0.15) is 44.9 Å². The molecule has 0 aromatic rings. The van der Waals surface area contributed by atoms with Crippen molar-refractivity contribution in [1.29, 1.82) is 0 Å². The lowest BCUT2D eigenvalue weighted by Gasteiger charge is -2.48. The molecule has 0 N–H and O–H groups in total. The molecule has 0 spiro atoms. The van der Waals surface area contributed by atoms with Crippen LogP contribution in [-0.2, 0) is 0 Å². The van der Waals surface area contributed by atoms with Crippen molar-refractivity contribution in [3.63, 3.8) is 0 Å². The van der Waals surface area contributed by atoms with Gasteiger partial charge in [-0.3, -0.25) is 0 Å². The molecule has 0 aromatic carbocycles. The first-order chi connectivity index (χ1) is 8.43. The lowest BCUT2D eigenvalue weighted by molar-refractivity contribution is 0.0751. The maximum absolute atomic E-state index is 3.73. The van der Waals surface area contributed by atoms with Crippen molar-refractivity contribution in [3.05, 3.63) is 30.2 Å². The van der Waals surface area contributed by atoms with Crippen LogP contribution in [0, 0.1) is 36.0 Å². The molecule has 5 unspecified atom stereocenters. The van der Waals surface area contributed by atoms with Gasteiger partial charge in [-0.25, -0.2) is 0 Å². The fourth-order valence-corrected chi connectivity index (χ4v) is 5.12. The van der Waals surface area contributed by atoms with Crippen LogP contribution < -0.4 is 0 Å². The third-order valence-corrected chi connectivity index (χ3v) is 5.83. The Kier molecular flexibility index (Phi) is 2.45. The second kappa shape index (κ2) is 4.00. The number of allylic oxidation sites excluding steroid dienone is 4. The van der Waals surface area contributed by atoms with Gasteiger partial charge in [-0.1, -0.05) is 23.8 Å². The summed E-state index contributed by atoms with van der Waals surface area (Å²) < 4.78 is 0. The average molecular weight is 226 g/mol. The van der Waals surface area contributed by atoms with E-state index >= 15 is 0 Å². The van der Waals surface area contributed by atoms with Gasteiger partial charge in [-0.2, -0.15) is 0 Å². The van der Waals surface area contributed by atoms with E-state index in [1.54, 1.807) is 5.57 Å². The zero-order chi connectivity index (χ0) is 11.2. The quantitative estimate of drug-likeness (QED) is 0.536. The molecule has 0 aromatic heterocycles. The third-order valence-electron chi connectivity index (χ3n) is 5.83. The van der Waals surface area contributed by atoms with Crippen LogP contribution in [0.4, 0.5) is 0 Å². The molecule has 0 nitrogen and oxygen atoms in total. The molecule has 3 fully saturated rings. The smallest absolute Gasteiger partial charge is 0.000798 e. The van der Waals surface area contributed by atoms with Gasteiger partial charge in [0, 0.05) is 5.92 Å². The molecule has 0 bridgehead atoms. The Morgan fingerprint density at radius 1 is 1.00 bits per heavy atom. The van der Waals surface area contributed by atoms with Gasteiger partial charge < -0.3 is 0 Å². The van der Waals surface area contributed by atoms with Gasteiger partial charge in [0.15, 0.2) is 0 Å². The van der Waals surface area contributed by atoms with Gasteiger partial charge in [-0.15, -0.1) is 0 Å².